The predicted octanol–water partition coefficient (Wildman–Crippen LogP) is 6.35. The van der Waals surface area contributed by atoms with Crippen molar-refractivity contribution in [2.45, 2.75) is 17.1 Å². The van der Waals surface area contributed by atoms with Crippen LogP contribution in [0.5, 0.6) is 5.75 Å². The molecule has 0 aliphatic carbocycles. The molecule has 0 aliphatic rings. The zero-order valence-electron chi connectivity index (χ0n) is 21.3. The van der Waals surface area contributed by atoms with Crippen molar-refractivity contribution >= 4 is 40.9 Å². The Morgan fingerprint density at radius 3 is 2.15 bits per heavy atom. The SMILES string of the molecule is CCOC(=O)c1ccc(NC(=O)C(Sc2cccc(NC(=O)COc3ccccc3)c2)c2ccccc2)cc1. The molecule has 0 saturated heterocycles. The topological polar surface area (TPSA) is 93.7 Å². The normalized spacial score (nSPS) is 11.2. The van der Waals surface area contributed by atoms with Gasteiger partial charge in [0.1, 0.15) is 11.0 Å². The van der Waals surface area contributed by atoms with Crippen molar-refractivity contribution in [3.05, 3.63) is 120 Å². The second kappa shape index (κ2) is 13.8. The third-order valence-electron chi connectivity index (χ3n) is 5.49. The number of para-hydroxylation sites is 1. The Bertz CT molecular complexity index is 1400. The Hall–Kier alpha value is -4.56. The van der Waals surface area contributed by atoms with Gasteiger partial charge < -0.3 is 20.1 Å². The molecule has 4 aromatic rings. The summed E-state index contributed by atoms with van der Waals surface area (Å²) in [6, 6.07) is 32.5. The van der Waals surface area contributed by atoms with Crippen molar-refractivity contribution in [2.75, 3.05) is 23.8 Å². The molecule has 0 fully saturated rings. The molecule has 8 heteroatoms. The van der Waals surface area contributed by atoms with Crippen LogP contribution in [0.1, 0.15) is 28.1 Å². The van der Waals surface area contributed by atoms with Crippen LogP contribution in [-0.4, -0.2) is 31.0 Å². The average Bonchev–Trinajstić information content (AvgIpc) is 2.96. The highest BCUT2D eigenvalue weighted by atomic mass is 32.2. The van der Waals surface area contributed by atoms with E-state index in [-0.39, 0.29) is 18.4 Å². The summed E-state index contributed by atoms with van der Waals surface area (Å²) in [6.07, 6.45) is 0. The third kappa shape index (κ3) is 8.21. The first-order valence-corrected chi connectivity index (χ1v) is 13.3. The lowest BCUT2D eigenvalue weighted by Gasteiger charge is -2.18. The average molecular weight is 541 g/mol. The van der Waals surface area contributed by atoms with E-state index in [9.17, 15) is 14.4 Å². The smallest absolute Gasteiger partial charge is 0.338 e. The molecule has 4 rings (SSSR count). The molecule has 0 spiro atoms. The Morgan fingerprint density at radius 1 is 0.769 bits per heavy atom. The monoisotopic (exact) mass is 540 g/mol. The van der Waals surface area contributed by atoms with E-state index in [4.69, 9.17) is 9.47 Å². The van der Waals surface area contributed by atoms with Crippen LogP contribution in [0.2, 0.25) is 0 Å². The first-order valence-electron chi connectivity index (χ1n) is 12.4. The van der Waals surface area contributed by atoms with Crippen molar-refractivity contribution in [1.29, 1.82) is 0 Å². The minimum absolute atomic E-state index is 0.120. The van der Waals surface area contributed by atoms with Crippen LogP contribution < -0.4 is 15.4 Å². The molecule has 0 bridgehead atoms. The van der Waals surface area contributed by atoms with Gasteiger partial charge in [0.25, 0.3) is 5.91 Å². The number of rotatable bonds is 11. The summed E-state index contributed by atoms with van der Waals surface area (Å²) in [5.41, 5.74) is 2.41. The van der Waals surface area contributed by atoms with Crippen molar-refractivity contribution in [1.82, 2.24) is 0 Å². The molecule has 39 heavy (non-hydrogen) atoms. The largest absolute Gasteiger partial charge is 0.484 e. The van der Waals surface area contributed by atoms with E-state index in [1.54, 1.807) is 49.4 Å². The Morgan fingerprint density at radius 2 is 1.46 bits per heavy atom. The quantitative estimate of drug-likeness (QED) is 0.170. The third-order valence-corrected chi connectivity index (χ3v) is 6.74. The van der Waals surface area contributed by atoms with Gasteiger partial charge in [0.2, 0.25) is 5.91 Å². The summed E-state index contributed by atoms with van der Waals surface area (Å²) in [7, 11) is 0. The van der Waals surface area contributed by atoms with Gasteiger partial charge >= 0.3 is 5.97 Å². The number of hydrogen-bond acceptors (Lipinski definition) is 6. The van der Waals surface area contributed by atoms with Gasteiger partial charge in [-0.15, -0.1) is 11.8 Å². The summed E-state index contributed by atoms with van der Waals surface area (Å²) < 4.78 is 10.5. The summed E-state index contributed by atoms with van der Waals surface area (Å²) in [5, 5.41) is 5.22. The standard InChI is InChI=1S/C31H28N2O5S/c1-2-37-31(36)23-16-18-24(19-17-23)33-30(35)29(22-10-5-3-6-11-22)39-27-15-9-12-25(20-27)32-28(34)21-38-26-13-7-4-8-14-26/h3-20,29H,2,21H2,1H3,(H,32,34)(H,33,35). The van der Waals surface area contributed by atoms with E-state index >= 15 is 0 Å². The summed E-state index contributed by atoms with van der Waals surface area (Å²) >= 11 is 1.37. The van der Waals surface area contributed by atoms with Gasteiger partial charge in [0.05, 0.1) is 12.2 Å². The molecule has 0 radical (unpaired) electrons. The molecule has 0 saturated carbocycles. The fourth-order valence-corrected chi connectivity index (χ4v) is 4.74. The van der Waals surface area contributed by atoms with Gasteiger partial charge in [-0.25, -0.2) is 4.79 Å². The number of ether oxygens (including phenoxy) is 2. The maximum Gasteiger partial charge on any atom is 0.338 e. The van der Waals surface area contributed by atoms with Crippen LogP contribution in [0.4, 0.5) is 11.4 Å². The number of carbonyl (C=O) groups is 3. The van der Waals surface area contributed by atoms with Crippen molar-refractivity contribution in [3.63, 3.8) is 0 Å². The molecule has 1 unspecified atom stereocenters. The second-order valence-corrected chi connectivity index (χ2v) is 9.55. The Balaban J connectivity index is 1.44. The van der Waals surface area contributed by atoms with E-state index in [0.29, 0.717) is 29.3 Å². The zero-order chi connectivity index (χ0) is 27.5. The first-order chi connectivity index (χ1) is 19.0. The molecule has 4 aromatic carbocycles. The van der Waals surface area contributed by atoms with Gasteiger partial charge in [-0.1, -0.05) is 54.6 Å². The highest BCUT2D eigenvalue weighted by Crippen LogP contribution is 2.37. The molecule has 2 N–H and O–H groups in total. The fourth-order valence-electron chi connectivity index (χ4n) is 3.66. The number of amides is 2. The van der Waals surface area contributed by atoms with Crippen LogP contribution in [0.25, 0.3) is 0 Å². The molecular formula is C31H28N2O5S. The number of carbonyl (C=O) groups excluding carboxylic acids is 3. The molecular weight excluding hydrogens is 512 g/mol. The zero-order valence-corrected chi connectivity index (χ0v) is 22.1. The lowest BCUT2D eigenvalue weighted by atomic mass is 10.1. The number of thioether (sulfide) groups is 1. The van der Waals surface area contributed by atoms with E-state index < -0.39 is 11.2 Å². The Labute approximate surface area is 231 Å². The van der Waals surface area contributed by atoms with Crippen molar-refractivity contribution in [2.24, 2.45) is 0 Å². The van der Waals surface area contributed by atoms with Gasteiger partial charge in [0.15, 0.2) is 6.61 Å². The molecule has 198 valence electrons. The van der Waals surface area contributed by atoms with Crippen LogP contribution in [0, 0.1) is 0 Å². The fraction of sp³-hybridized carbons (Fsp3) is 0.129. The minimum atomic E-state index is -0.566. The highest BCUT2D eigenvalue weighted by Gasteiger charge is 2.22. The first kappa shape index (κ1) is 27.5. The van der Waals surface area contributed by atoms with Crippen LogP contribution in [-0.2, 0) is 14.3 Å². The molecule has 7 nitrogen and oxygen atoms in total. The maximum atomic E-state index is 13.4. The number of nitrogens with one attached hydrogen (secondary N) is 2. The molecule has 0 aromatic heterocycles. The lowest BCUT2D eigenvalue weighted by Crippen LogP contribution is -2.20. The summed E-state index contributed by atoms with van der Waals surface area (Å²) in [5.74, 6) is -0.304. The van der Waals surface area contributed by atoms with E-state index in [2.05, 4.69) is 10.6 Å². The number of esters is 1. The number of anilines is 2. The Kier molecular flexibility index (Phi) is 9.74. The summed E-state index contributed by atoms with van der Waals surface area (Å²) in [6.45, 7) is 1.92. The van der Waals surface area contributed by atoms with Crippen LogP contribution >= 0.6 is 11.8 Å². The van der Waals surface area contributed by atoms with E-state index in [0.717, 1.165) is 10.5 Å². The van der Waals surface area contributed by atoms with E-state index in [1.165, 1.54) is 11.8 Å². The van der Waals surface area contributed by atoms with Crippen molar-refractivity contribution in [3.8, 4) is 5.75 Å². The van der Waals surface area contributed by atoms with Crippen LogP contribution in [0.3, 0.4) is 0 Å². The van der Waals surface area contributed by atoms with Gasteiger partial charge in [0, 0.05) is 16.3 Å². The van der Waals surface area contributed by atoms with Crippen molar-refractivity contribution < 1.29 is 23.9 Å². The molecule has 1 atom stereocenters. The minimum Gasteiger partial charge on any atom is -0.484 e. The van der Waals surface area contributed by atoms with Gasteiger partial charge in [-0.05, 0) is 67.1 Å². The lowest BCUT2D eigenvalue weighted by molar-refractivity contribution is -0.118. The highest BCUT2D eigenvalue weighted by molar-refractivity contribution is 8.00. The van der Waals surface area contributed by atoms with Gasteiger partial charge in [-0.2, -0.15) is 0 Å². The van der Waals surface area contributed by atoms with E-state index in [1.807, 2.05) is 66.7 Å². The second-order valence-electron chi connectivity index (χ2n) is 8.37. The summed E-state index contributed by atoms with van der Waals surface area (Å²) in [4.78, 5) is 38.6. The maximum absolute atomic E-state index is 13.4. The number of benzene rings is 4. The van der Waals surface area contributed by atoms with Crippen LogP contribution in [0.15, 0.2) is 114 Å². The molecule has 2 amide bonds. The number of hydrogen-bond donors (Lipinski definition) is 2. The van der Waals surface area contributed by atoms with Gasteiger partial charge in [-0.3, -0.25) is 9.59 Å². The molecule has 0 heterocycles. The predicted molar refractivity (Wildman–Crippen MR) is 153 cm³/mol. The molecule has 0 aliphatic heterocycles.